The molecule has 5 saturated heterocycles. The normalized spacial score (nSPS) is 40.8. The third-order valence-electron chi connectivity index (χ3n) is 17.8. The SMILES string of the molecule is C1=Cc2cc3ccc(cc4ccc(cc5nc(cc1n2)C=C5)[nH]4)[nH]3.C1CCC2C3NC(NC4NC(NC5NC(NC6NC(N3)C3CCCCC63)C3CCCCC53)C3CCCCC43)C2C1. The lowest BCUT2D eigenvalue weighted by atomic mass is 9.76. The van der Waals surface area contributed by atoms with Gasteiger partial charge in [-0.25, -0.2) is 9.97 Å². The van der Waals surface area contributed by atoms with Crippen molar-refractivity contribution in [3.05, 3.63) is 71.3 Å². The largest absolute Gasteiger partial charge is 0.355 e. The lowest BCUT2D eigenvalue weighted by molar-refractivity contribution is 0.167. The molecule has 14 rings (SSSR count). The van der Waals surface area contributed by atoms with E-state index < -0.39 is 0 Å². The van der Waals surface area contributed by atoms with E-state index in [1.807, 2.05) is 42.5 Å². The number of fused-ring (bicyclic) bond motifs is 28. The van der Waals surface area contributed by atoms with Crippen LogP contribution in [0.15, 0.2) is 48.5 Å². The van der Waals surface area contributed by atoms with Crippen molar-refractivity contribution in [1.82, 2.24) is 62.5 Å². The first-order chi connectivity index (χ1) is 31.6. The Morgan fingerprint density at radius 2 is 0.500 bits per heavy atom. The van der Waals surface area contributed by atoms with Crippen molar-refractivity contribution < 1.29 is 0 Å². The zero-order valence-corrected chi connectivity index (χ0v) is 37.4. The van der Waals surface area contributed by atoms with Crippen molar-refractivity contribution >= 4 is 46.4 Å². The van der Waals surface area contributed by atoms with Gasteiger partial charge in [0.1, 0.15) is 0 Å². The van der Waals surface area contributed by atoms with Crippen LogP contribution in [0, 0.1) is 47.3 Å². The lowest BCUT2D eigenvalue weighted by Gasteiger charge is -2.35. The Hall–Kier alpha value is -3.72. The molecule has 64 heavy (non-hydrogen) atoms. The quantitative estimate of drug-likeness (QED) is 0.0771. The van der Waals surface area contributed by atoms with E-state index in [-0.39, 0.29) is 0 Å². The average molecular weight is 863 g/mol. The van der Waals surface area contributed by atoms with Crippen molar-refractivity contribution in [1.29, 1.82) is 0 Å². The Kier molecular flexibility index (Phi) is 10.9. The van der Waals surface area contributed by atoms with Gasteiger partial charge in [-0.2, -0.15) is 0 Å². The standard InChI is InChI=1S/C32H56N8.C20H14N4/c1-2-10-18-17(9-1)25-33-26(18)38-28-21-13-5-6-14-22(21)30(35-28)40-32-24-16-8-7-15-23(24)31(36-32)39-29-20-12-4-3-11-19(20)27(34-29)37-25;1-2-14-10-16-5-6-18(23-16)12-20-8-7-19(24-20)11-17-4-3-15(22-17)9-13(1)21-14/h17-40H,1-16H2;1-12,21-22H. The summed E-state index contributed by atoms with van der Waals surface area (Å²) in [4.78, 5) is 16.0. The second-order valence-electron chi connectivity index (χ2n) is 21.5. The van der Waals surface area contributed by atoms with Gasteiger partial charge in [0.25, 0.3) is 0 Å². The van der Waals surface area contributed by atoms with E-state index in [1.165, 1.54) is 103 Å². The summed E-state index contributed by atoms with van der Waals surface area (Å²) in [6.45, 7) is 0. The molecule has 4 aliphatic carbocycles. The molecule has 8 atom stereocenters. The van der Waals surface area contributed by atoms with E-state index in [9.17, 15) is 0 Å². The van der Waals surface area contributed by atoms with Crippen LogP contribution in [-0.2, 0) is 0 Å². The Bertz CT molecular complexity index is 2110. The molecule has 16 bridgehead atoms. The zero-order chi connectivity index (χ0) is 42.1. The van der Waals surface area contributed by atoms with Crippen molar-refractivity contribution in [2.75, 3.05) is 0 Å². The summed E-state index contributed by atoms with van der Waals surface area (Å²) in [6, 6.07) is 16.4. The fourth-order valence-electron chi connectivity index (χ4n) is 14.9. The summed E-state index contributed by atoms with van der Waals surface area (Å²) in [5.74, 6) is 5.97. The molecular formula is C52H70N12. The van der Waals surface area contributed by atoms with Gasteiger partial charge in [-0.3, -0.25) is 42.5 Å². The van der Waals surface area contributed by atoms with Crippen LogP contribution < -0.4 is 42.5 Å². The van der Waals surface area contributed by atoms with E-state index in [0.29, 0.717) is 49.3 Å². The highest BCUT2D eigenvalue weighted by atomic mass is 15.4. The molecule has 4 saturated carbocycles. The predicted molar refractivity (Wildman–Crippen MR) is 256 cm³/mol. The third-order valence-corrected chi connectivity index (χ3v) is 17.8. The summed E-state index contributed by atoms with van der Waals surface area (Å²) >= 11 is 0. The van der Waals surface area contributed by atoms with Crippen molar-refractivity contribution in [3.63, 3.8) is 0 Å². The molecule has 0 aromatic carbocycles. The van der Waals surface area contributed by atoms with Crippen LogP contribution >= 0.6 is 0 Å². The van der Waals surface area contributed by atoms with E-state index >= 15 is 0 Å². The van der Waals surface area contributed by atoms with E-state index in [2.05, 4.69) is 92.8 Å². The number of aromatic nitrogens is 4. The van der Waals surface area contributed by atoms with Gasteiger partial charge in [0.05, 0.1) is 72.1 Å². The summed E-state index contributed by atoms with van der Waals surface area (Å²) in [5.41, 5.74) is 7.86. The van der Waals surface area contributed by atoms with E-state index in [4.69, 9.17) is 0 Å². The number of H-pyrrole nitrogens is 2. The molecule has 8 unspecified atom stereocenters. The Morgan fingerprint density at radius 3 is 0.750 bits per heavy atom. The minimum atomic E-state index is 0.420. The smallest absolute Gasteiger partial charge is 0.0659 e. The van der Waals surface area contributed by atoms with Crippen LogP contribution in [0.5, 0.6) is 0 Å². The van der Waals surface area contributed by atoms with Gasteiger partial charge in [0.2, 0.25) is 0 Å². The highest BCUT2D eigenvalue weighted by molar-refractivity contribution is 5.77. The topological polar surface area (TPSA) is 154 Å². The first-order valence-electron chi connectivity index (χ1n) is 25.7. The Morgan fingerprint density at radius 1 is 0.281 bits per heavy atom. The van der Waals surface area contributed by atoms with Gasteiger partial charge in [-0.15, -0.1) is 0 Å². The van der Waals surface area contributed by atoms with Gasteiger partial charge >= 0.3 is 0 Å². The number of nitrogens with zero attached hydrogens (tertiary/aromatic N) is 2. The lowest BCUT2D eigenvalue weighted by Crippen LogP contribution is -2.61. The molecule has 10 N–H and O–H groups in total. The van der Waals surface area contributed by atoms with Crippen LogP contribution in [0.1, 0.15) is 126 Å². The molecule has 10 heterocycles. The van der Waals surface area contributed by atoms with Gasteiger partial charge in [-0.05, 0) is 172 Å². The minimum absolute atomic E-state index is 0.420. The number of hydrogen-bond donors (Lipinski definition) is 10. The maximum absolute atomic E-state index is 4.62. The second kappa shape index (κ2) is 17.2. The van der Waals surface area contributed by atoms with Crippen molar-refractivity contribution in [3.8, 4) is 0 Å². The molecule has 338 valence electrons. The number of aromatic amines is 2. The van der Waals surface area contributed by atoms with Crippen molar-refractivity contribution in [2.24, 2.45) is 47.3 Å². The molecule has 12 heteroatoms. The Balaban J connectivity index is 0.000000147. The molecule has 11 aliphatic rings. The predicted octanol–water partition coefficient (Wildman–Crippen LogP) is 7.26. The molecule has 0 spiro atoms. The van der Waals surface area contributed by atoms with Gasteiger partial charge in [0, 0.05) is 22.1 Å². The summed E-state index contributed by atoms with van der Waals surface area (Å²) in [6.07, 6.45) is 33.6. The molecule has 12 nitrogen and oxygen atoms in total. The molecule has 3 aromatic heterocycles. The number of nitrogens with one attached hydrogen (secondary N) is 10. The van der Waals surface area contributed by atoms with Crippen LogP contribution in [-0.4, -0.2) is 69.3 Å². The van der Waals surface area contributed by atoms with Crippen molar-refractivity contribution in [2.45, 2.75) is 152 Å². The summed E-state index contributed by atoms with van der Waals surface area (Å²) in [5, 5.41) is 33.8. The molecule has 0 amide bonds. The number of rotatable bonds is 0. The van der Waals surface area contributed by atoms with Gasteiger partial charge in [0.15, 0.2) is 0 Å². The van der Waals surface area contributed by atoms with E-state index in [0.717, 1.165) is 92.2 Å². The van der Waals surface area contributed by atoms with Crippen LogP contribution in [0.3, 0.4) is 0 Å². The van der Waals surface area contributed by atoms with E-state index in [1.54, 1.807) is 0 Å². The van der Waals surface area contributed by atoms with Crippen LogP contribution in [0.2, 0.25) is 0 Å². The molecular weight excluding hydrogens is 793 g/mol. The van der Waals surface area contributed by atoms with Gasteiger partial charge in [-0.1, -0.05) is 51.4 Å². The highest BCUT2D eigenvalue weighted by Gasteiger charge is 2.54. The third kappa shape index (κ3) is 7.83. The fourth-order valence-corrected chi connectivity index (χ4v) is 14.9. The first kappa shape index (κ1) is 40.5. The maximum Gasteiger partial charge on any atom is 0.0659 e. The highest BCUT2D eigenvalue weighted by Crippen LogP contribution is 2.45. The van der Waals surface area contributed by atoms with Gasteiger partial charge < -0.3 is 9.97 Å². The zero-order valence-electron chi connectivity index (χ0n) is 37.4. The molecule has 0 radical (unpaired) electrons. The Labute approximate surface area is 378 Å². The average Bonchev–Trinajstić information content (AvgIpc) is 4.21. The first-order valence-corrected chi connectivity index (χ1v) is 25.7. The van der Waals surface area contributed by atoms with Crippen LogP contribution in [0.4, 0.5) is 0 Å². The molecule has 3 aromatic rings. The minimum Gasteiger partial charge on any atom is -0.355 e. The second-order valence-corrected chi connectivity index (χ2v) is 21.5. The monoisotopic (exact) mass is 863 g/mol. The fraction of sp³-hybridized carbons (Fsp3) is 0.615. The van der Waals surface area contributed by atoms with Crippen LogP contribution in [0.25, 0.3) is 46.4 Å². The summed E-state index contributed by atoms with van der Waals surface area (Å²) in [7, 11) is 0. The molecule has 7 aliphatic heterocycles. The molecule has 9 fully saturated rings. The maximum atomic E-state index is 4.62. The summed E-state index contributed by atoms with van der Waals surface area (Å²) < 4.78 is 0. The number of hydrogen-bond acceptors (Lipinski definition) is 10.